The Kier molecular flexibility index (Phi) is 14.2. The lowest BCUT2D eigenvalue weighted by atomic mass is 9.98. The molecule has 0 bridgehead atoms. The number of aromatic hydroxyl groups is 4. The maximum Gasteiger partial charge on any atom is 0.331 e. The molecular weight excluding hydrogens is 872 g/mol. The first kappa shape index (κ1) is 47.3. The third kappa shape index (κ3) is 9.97. The van der Waals surface area contributed by atoms with Crippen LogP contribution in [0.4, 0.5) is 0 Å². The minimum atomic E-state index is -2.04. The molecule has 1 aliphatic carbocycles. The summed E-state index contributed by atoms with van der Waals surface area (Å²) in [4.78, 5) is 25.4. The number of carbonyl (C=O) groups excluding carboxylic acids is 1. The molecule has 0 radical (unpaired) electrons. The highest BCUT2D eigenvalue weighted by Crippen LogP contribution is 2.46. The van der Waals surface area contributed by atoms with Gasteiger partial charge in [-0.05, 0) is 48.9 Å². The second kappa shape index (κ2) is 19.4. The van der Waals surface area contributed by atoms with E-state index in [-0.39, 0.29) is 28.4 Å². The van der Waals surface area contributed by atoms with Crippen molar-refractivity contribution in [1.82, 2.24) is 0 Å². The topological polar surface area (TPSA) is 375 Å². The van der Waals surface area contributed by atoms with Crippen LogP contribution in [0.3, 0.4) is 0 Å². The molecule has 0 spiro atoms. The zero-order valence-electron chi connectivity index (χ0n) is 33.8. The molecule has 5 aliphatic rings. The fourth-order valence-electron chi connectivity index (χ4n) is 7.27. The fourth-order valence-corrected chi connectivity index (χ4v) is 7.27. The van der Waals surface area contributed by atoms with Gasteiger partial charge >= 0.3 is 5.97 Å². The number of phenolic OH excluding ortho intramolecular Hbond substituents is 4. The van der Waals surface area contributed by atoms with Gasteiger partial charge in [-0.15, -0.1) is 0 Å². The SMILES string of the molecule is C[C@@H]1O[C@@H](OC[C@H]2O[C@@H](Oc3cc4c(O[C@@H]5O[C@H](CO)[C@@H](O)[C@H](O)[C@H]5O)cc(=O)cc-4oc3-c3cc(O)c(O)c(O)c3)[C@H](O)[C@@H](O)[C@@H]2O)[C@H](O)[C@H](O)[C@H]1OC(=O)/C=C/c1ccc(O)cc1. The highest BCUT2D eigenvalue weighted by atomic mass is 16.7. The van der Waals surface area contributed by atoms with Crippen molar-refractivity contribution < 1.29 is 109 Å². The van der Waals surface area contributed by atoms with E-state index in [0.717, 1.165) is 36.4 Å². The fraction of sp³-hybridized carbons (Fsp3) is 0.429. The summed E-state index contributed by atoms with van der Waals surface area (Å²) in [5, 5.41) is 136. The molecule has 0 unspecified atom stereocenters. The van der Waals surface area contributed by atoms with Gasteiger partial charge in [0.25, 0.3) is 0 Å². The monoisotopic (exact) mass is 918 g/mol. The summed E-state index contributed by atoms with van der Waals surface area (Å²) >= 11 is 0. The van der Waals surface area contributed by atoms with Crippen molar-refractivity contribution in [1.29, 1.82) is 0 Å². The number of rotatable bonds is 12. The molecule has 15 atom stereocenters. The average molecular weight is 919 g/mol. The van der Waals surface area contributed by atoms with Crippen molar-refractivity contribution in [2.75, 3.05) is 13.2 Å². The first-order valence-electron chi connectivity index (χ1n) is 19.9. The average Bonchev–Trinajstić information content (AvgIpc) is 3.27. The summed E-state index contributed by atoms with van der Waals surface area (Å²) in [6.07, 6.45) is -23.4. The number of fused-ring (bicyclic) bond motifs is 1. The van der Waals surface area contributed by atoms with Crippen molar-refractivity contribution in [3.8, 4) is 57.1 Å². The van der Waals surface area contributed by atoms with Crippen LogP contribution in [-0.4, -0.2) is 178 Å². The zero-order valence-corrected chi connectivity index (χ0v) is 33.8. The second-order valence-corrected chi connectivity index (χ2v) is 15.4. The summed E-state index contributed by atoms with van der Waals surface area (Å²) in [6, 6.07) is 10.8. The largest absolute Gasteiger partial charge is 0.508 e. The number of phenols is 4. The minimum absolute atomic E-state index is 0.0178. The summed E-state index contributed by atoms with van der Waals surface area (Å²) in [5.41, 5.74) is -0.529. The van der Waals surface area contributed by atoms with Gasteiger partial charge < -0.3 is 104 Å². The molecule has 23 heteroatoms. The van der Waals surface area contributed by atoms with Gasteiger partial charge in [-0.25, -0.2) is 4.79 Å². The van der Waals surface area contributed by atoms with Crippen molar-refractivity contribution in [3.63, 3.8) is 0 Å². The van der Waals surface area contributed by atoms with E-state index in [1.165, 1.54) is 37.3 Å². The number of ether oxygens (including phenoxy) is 7. The maximum atomic E-state index is 12.9. The van der Waals surface area contributed by atoms with Crippen LogP contribution in [0.15, 0.2) is 69.9 Å². The van der Waals surface area contributed by atoms with Crippen LogP contribution in [-0.2, 0) is 28.5 Å². The lowest BCUT2D eigenvalue weighted by Gasteiger charge is -2.43. The number of hydrogen-bond acceptors (Lipinski definition) is 23. The number of carbonyl (C=O) groups is 1. The van der Waals surface area contributed by atoms with Gasteiger partial charge in [0.05, 0.1) is 24.9 Å². The standard InChI is InChI=1S/C42H46O23/c1-15-38(65-28(48)7-4-16-2-5-18(44)6-3-16)34(54)37(57)40(59-15)58-14-27-31(51)33(53)36(56)42(64-27)62-25-12-20-23(60-39(25)17-8-21(46)29(49)22(47)9-17)10-19(45)11-24(20)61-41-35(55)32(52)30(50)26(13-43)63-41/h2-12,15,26-27,30-38,40-44,46-47,49-57H,13-14H2,1H3/b7-4+/t15-,26+,27+,30+,31+,32-,33-,34-,35+,36+,37+,38-,40+,41+,42+/m0/s1. The first-order valence-corrected chi connectivity index (χ1v) is 19.9. The van der Waals surface area contributed by atoms with Crippen LogP contribution < -0.4 is 14.9 Å². The lowest BCUT2D eigenvalue weighted by molar-refractivity contribution is -0.319. The van der Waals surface area contributed by atoms with E-state index < -0.39 is 145 Å². The molecule has 0 amide bonds. The normalized spacial score (nSPS) is 32.9. The minimum Gasteiger partial charge on any atom is -0.508 e. The molecule has 3 fully saturated rings. The second-order valence-electron chi connectivity index (χ2n) is 15.4. The summed E-state index contributed by atoms with van der Waals surface area (Å²) in [5.74, 6) is -4.99. The molecule has 352 valence electrons. The molecule has 2 aromatic rings. The lowest BCUT2D eigenvalue weighted by Crippen LogP contribution is -2.62. The van der Waals surface area contributed by atoms with Gasteiger partial charge in [0.2, 0.25) is 12.6 Å². The Hall–Kier alpha value is -5.64. The predicted molar refractivity (Wildman–Crippen MR) is 213 cm³/mol. The Morgan fingerprint density at radius 3 is 1.89 bits per heavy atom. The first-order chi connectivity index (χ1) is 30.8. The van der Waals surface area contributed by atoms with Gasteiger partial charge in [0.1, 0.15) is 78.3 Å². The number of aliphatic hydroxyl groups is 9. The van der Waals surface area contributed by atoms with E-state index in [0.29, 0.717) is 5.56 Å². The molecule has 23 nitrogen and oxygen atoms in total. The van der Waals surface area contributed by atoms with E-state index in [1.807, 2.05) is 0 Å². The van der Waals surface area contributed by atoms with Crippen molar-refractivity contribution in [2.45, 2.75) is 99.0 Å². The van der Waals surface area contributed by atoms with Gasteiger partial charge in [-0.1, -0.05) is 12.1 Å². The van der Waals surface area contributed by atoms with Crippen LogP contribution in [0.25, 0.3) is 28.7 Å². The Bertz CT molecular complexity index is 2330. The number of hydrogen-bond donors (Lipinski definition) is 13. The van der Waals surface area contributed by atoms with Crippen molar-refractivity contribution in [2.24, 2.45) is 0 Å². The summed E-state index contributed by atoms with van der Waals surface area (Å²) in [6.45, 7) is -0.0905. The maximum absolute atomic E-state index is 12.9. The molecule has 4 heterocycles. The number of esters is 1. The van der Waals surface area contributed by atoms with Crippen molar-refractivity contribution in [3.05, 3.63) is 76.5 Å². The summed E-state index contributed by atoms with van der Waals surface area (Å²) < 4.78 is 45.7. The predicted octanol–water partition coefficient (Wildman–Crippen LogP) is -2.29. The Morgan fingerprint density at radius 1 is 0.677 bits per heavy atom. The van der Waals surface area contributed by atoms with Gasteiger partial charge in [-0.2, -0.15) is 0 Å². The van der Waals surface area contributed by atoms with Crippen LogP contribution in [0, 0.1) is 0 Å². The van der Waals surface area contributed by atoms with Gasteiger partial charge in [-0.3, -0.25) is 4.79 Å². The quantitative estimate of drug-likeness (QED) is 0.0404. The molecule has 7 rings (SSSR count). The molecule has 0 aromatic heterocycles. The summed E-state index contributed by atoms with van der Waals surface area (Å²) in [7, 11) is 0. The smallest absolute Gasteiger partial charge is 0.331 e. The van der Waals surface area contributed by atoms with E-state index in [9.17, 15) is 76.0 Å². The molecular formula is C42H46O23. The van der Waals surface area contributed by atoms with Gasteiger partial charge in [0, 0.05) is 23.8 Å². The number of benzene rings is 3. The van der Waals surface area contributed by atoms with Crippen LogP contribution in [0.5, 0.6) is 34.5 Å². The highest BCUT2D eigenvalue weighted by molar-refractivity contribution is 5.87. The van der Waals surface area contributed by atoms with Crippen LogP contribution in [0.1, 0.15) is 12.5 Å². The molecule has 13 N–H and O–H groups in total. The zero-order chi connectivity index (χ0) is 47.0. The third-order valence-corrected chi connectivity index (χ3v) is 10.9. The molecule has 4 aliphatic heterocycles. The molecule has 2 aromatic carbocycles. The highest BCUT2D eigenvalue weighted by Gasteiger charge is 2.49. The molecule has 0 saturated carbocycles. The van der Waals surface area contributed by atoms with Crippen LogP contribution in [0.2, 0.25) is 0 Å². The van der Waals surface area contributed by atoms with Crippen LogP contribution >= 0.6 is 0 Å². The van der Waals surface area contributed by atoms with Crippen molar-refractivity contribution >= 4 is 12.0 Å². The third-order valence-electron chi connectivity index (χ3n) is 10.9. The van der Waals surface area contributed by atoms with E-state index >= 15 is 0 Å². The Balaban J connectivity index is 1.12. The molecule has 65 heavy (non-hydrogen) atoms. The van der Waals surface area contributed by atoms with E-state index in [1.54, 1.807) is 0 Å². The van der Waals surface area contributed by atoms with E-state index in [2.05, 4.69) is 0 Å². The number of aliphatic hydroxyl groups excluding tert-OH is 9. The molecule has 3 saturated heterocycles. The van der Waals surface area contributed by atoms with Gasteiger partial charge in [0.15, 0.2) is 46.6 Å². The Labute approximate surface area is 366 Å². The Morgan fingerprint density at radius 2 is 1.26 bits per heavy atom. The van der Waals surface area contributed by atoms with E-state index in [4.69, 9.17) is 37.6 Å².